The predicted octanol–water partition coefficient (Wildman–Crippen LogP) is 18.3. The molecule has 12 aromatic rings. The van der Waals surface area contributed by atoms with Crippen LogP contribution in [0.2, 0.25) is 0 Å². The van der Waals surface area contributed by atoms with Gasteiger partial charge in [0.2, 0.25) is 0 Å². The molecular formula is C67H36F3N7. The monoisotopic (exact) mass is 995 g/mol. The second kappa shape index (κ2) is 18.5. The quantitative estimate of drug-likeness (QED) is 0.149. The van der Waals surface area contributed by atoms with E-state index in [-0.39, 0.29) is 5.56 Å². The molecule has 0 unspecified atom stereocenters. The summed E-state index contributed by atoms with van der Waals surface area (Å²) in [6.45, 7) is 17.1. The largest absolute Gasteiger partial charge is 0.416 e. The molecule has 0 spiro atoms. The molecule has 0 fully saturated rings. The fourth-order valence-electron chi connectivity index (χ4n) is 10.7. The Morgan fingerprint density at radius 1 is 0.390 bits per heavy atom. The topological polar surface area (TPSA) is 89.9 Å². The second-order valence-electron chi connectivity index (χ2n) is 18.9. The molecule has 0 atom stereocenters. The third-order valence-corrected chi connectivity index (χ3v) is 14.2. The molecule has 0 radical (unpaired) electrons. The molecule has 2 aromatic heterocycles. The first-order valence-corrected chi connectivity index (χ1v) is 24.3. The highest BCUT2D eigenvalue weighted by Gasteiger charge is 2.32. The molecule has 0 amide bonds. The zero-order valence-electron chi connectivity index (χ0n) is 40.8. The van der Waals surface area contributed by atoms with E-state index in [1.807, 2.05) is 130 Å². The SMILES string of the molecule is [C-]#[N+]c1cccc(-c2ccc3c(c2)c2cc(-c4cccc([N+]#[C-])c4)ccc2n3-c2cc(-c3cc(C)cc(C(F)(F)F)c3)cc(-n3c4ccc(-c5cccc(C#N)c5)cc4c4cc(-c5cccc(C#N)c5)ccc43)c2C#N)c1. The van der Waals surface area contributed by atoms with Gasteiger partial charge in [-0.15, -0.1) is 0 Å². The highest BCUT2D eigenvalue weighted by atomic mass is 19.4. The van der Waals surface area contributed by atoms with E-state index in [0.717, 1.165) is 78.2 Å². The van der Waals surface area contributed by atoms with Crippen LogP contribution < -0.4 is 0 Å². The van der Waals surface area contributed by atoms with Gasteiger partial charge in [0.05, 0.1) is 75.4 Å². The molecule has 10 aromatic carbocycles. The number of aromatic nitrogens is 2. The highest BCUT2D eigenvalue weighted by Crippen LogP contribution is 2.45. The number of fused-ring (bicyclic) bond motifs is 6. The number of nitrogens with zero attached hydrogens (tertiary/aromatic N) is 7. The summed E-state index contributed by atoms with van der Waals surface area (Å²) in [6, 6.07) is 68.0. The van der Waals surface area contributed by atoms with E-state index < -0.39 is 11.7 Å². The van der Waals surface area contributed by atoms with Crippen molar-refractivity contribution in [3.05, 3.63) is 251 Å². The number of nitriles is 3. The Hall–Kier alpha value is -11.0. The number of halogens is 3. The standard InChI is InChI=1S/C67H36F3N7/c1-40-24-51(28-53(25-40)67(68,69)70)52-35-65(76-61-20-16-47(43-10-4-8-41(26-43)37-71)31-56(61)57-32-48(17-21-62(57)76)44-11-5-9-42(27-44)38-72)60(39-73)66(36-52)77-63-22-18-49(45-12-6-14-54(29-45)74-2)33-58(63)59-34-50(19-23-64(59)77)46-13-7-15-55(30-46)75-3/h4-36H,1H3. The zero-order chi connectivity index (χ0) is 53.1. The van der Waals surface area contributed by atoms with E-state index in [1.165, 1.54) is 0 Å². The molecular weight excluding hydrogens is 960 g/mol. The smallest absolute Gasteiger partial charge is 0.308 e. The van der Waals surface area contributed by atoms with Gasteiger partial charge >= 0.3 is 6.18 Å². The summed E-state index contributed by atoms with van der Waals surface area (Å²) in [5, 5.41) is 34.7. The number of alkyl halides is 3. The first-order valence-electron chi connectivity index (χ1n) is 24.3. The van der Waals surface area contributed by atoms with Gasteiger partial charge in [-0.05, 0) is 177 Å². The number of hydrogen-bond acceptors (Lipinski definition) is 3. The van der Waals surface area contributed by atoms with Crippen LogP contribution in [-0.2, 0) is 6.18 Å². The van der Waals surface area contributed by atoms with Crippen molar-refractivity contribution in [2.45, 2.75) is 13.1 Å². The van der Waals surface area contributed by atoms with Crippen LogP contribution in [0.5, 0.6) is 0 Å². The minimum Gasteiger partial charge on any atom is -0.308 e. The summed E-state index contributed by atoms with van der Waals surface area (Å²) in [4.78, 5) is 7.35. The van der Waals surface area contributed by atoms with Crippen LogP contribution in [0.4, 0.5) is 24.5 Å². The third-order valence-electron chi connectivity index (χ3n) is 14.2. The van der Waals surface area contributed by atoms with Crippen LogP contribution in [-0.4, -0.2) is 9.13 Å². The van der Waals surface area contributed by atoms with Crippen LogP contribution in [0.3, 0.4) is 0 Å². The van der Waals surface area contributed by atoms with E-state index >= 15 is 0 Å². The first-order chi connectivity index (χ1) is 37.4. The van der Waals surface area contributed by atoms with E-state index in [1.54, 1.807) is 49.4 Å². The second-order valence-corrected chi connectivity index (χ2v) is 18.9. The van der Waals surface area contributed by atoms with Crippen molar-refractivity contribution in [1.29, 1.82) is 15.8 Å². The van der Waals surface area contributed by atoms with Gasteiger partial charge in [-0.1, -0.05) is 91.0 Å². The summed E-state index contributed by atoms with van der Waals surface area (Å²) < 4.78 is 48.3. The number of benzene rings is 10. The lowest BCUT2D eigenvalue weighted by atomic mass is 9.96. The summed E-state index contributed by atoms with van der Waals surface area (Å²) >= 11 is 0. The lowest BCUT2D eigenvalue weighted by Crippen LogP contribution is -2.07. The lowest BCUT2D eigenvalue weighted by molar-refractivity contribution is -0.137. The van der Waals surface area contributed by atoms with Crippen molar-refractivity contribution in [2.75, 3.05) is 0 Å². The van der Waals surface area contributed by atoms with E-state index in [4.69, 9.17) is 13.1 Å². The first kappa shape index (κ1) is 47.1. The third kappa shape index (κ3) is 8.25. The normalized spacial score (nSPS) is 11.3. The summed E-state index contributed by atoms with van der Waals surface area (Å²) in [7, 11) is 0. The van der Waals surface area contributed by atoms with Gasteiger partial charge in [0.25, 0.3) is 0 Å². The Balaban J connectivity index is 1.20. The summed E-state index contributed by atoms with van der Waals surface area (Å²) in [6.07, 6.45) is -4.65. The van der Waals surface area contributed by atoms with E-state index in [9.17, 15) is 29.0 Å². The molecule has 0 bridgehead atoms. The van der Waals surface area contributed by atoms with Crippen molar-refractivity contribution < 1.29 is 13.2 Å². The van der Waals surface area contributed by atoms with Gasteiger partial charge in [-0.3, -0.25) is 0 Å². The van der Waals surface area contributed by atoms with Gasteiger partial charge in [0.15, 0.2) is 11.4 Å². The van der Waals surface area contributed by atoms with Crippen molar-refractivity contribution >= 4 is 55.0 Å². The lowest BCUT2D eigenvalue weighted by Gasteiger charge is -2.19. The minimum absolute atomic E-state index is 0.245. The number of aryl methyl sites for hydroxylation is 1. The molecule has 0 aliphatic carbocycles. The molecule has 2 heterocycles. The maximum absolute atomic E-state index is 14.8. The van der Waals surface area contributed by atoms with Crippen LogP contribution in [0.1, 0.15) is 27.8 Å². The number of rotatable bonds is 7. The molecule has 10 heteroatoms. The van der Waals surface area contributed by atoms with E-state index in [0.29, 0.717) is 72.6 Å². The van der Waals surface area contributed by atoms with Crippen LogP contribution in [0, 0.1) is 54.1 Å². The molecule has 360 valence electrons. The predicted molar refractivity (Wildman–Crippen MR) is 299 cm³/mol. The summed E-state index contributed by atoms with van der Waals surface area (Å²) in [5.41, 5.74) is 12.9. The Kier molecular flexibility index (Phi) is 11.3. The maximum atomic E-state index is 14.8. The van der Waals surface area contributed by atoms with Gasteiger partial charge in [0, 0.05) is 21.5 Å². The average Bonchev–Trinajstić information content (AvgIpc) is 4.17. The van der Waals surface area contributed by atoms with Gasteiger partial charge in [-0.2, -0.15) is 29.0 Å². The minimum atomic E-state index is -4.65. The fraction of sp³-hybridized carbons (Fsp3) is 0.0299. The molecule has 0 saturated heterocycles. The molecule has 7 nitrogen and oxygen atoms in total. The average molecular weight is 996 g/mol. The molecule has 77 heavy (non-hydrogen) atoms. The molecule has 0 saturated carbocycles. The molecule has 0 aliphatic rings. The van der Waals surface area contributed by atoms with Crippen LogP contribution >= 0.6 is 0 Å². The highest BCUT2D eigenvalue weighted by molar-refractivity contribution is 6.14. The Morgan fingerprint density at radius 2 is 0.753 bits per heavy atom. The van der Waals surface area contributed by atoms with E-state index in [2.05, 4.69) is 52.2 Å². The Labute approximate surface area is 440 Å². The van der Waals surface area contributed by atoms with Gasteiger partial charge in [0.1, 0.15) is 11.6 Å². The van der Waals surface area contributed by atoms with Crippen molar-refractivity contribution in [3.8, 4) is 85.2 Å². The molecule has 12 rings (SSSR count). The van der Waals surface area contributed by atoms with Crippen LogP contribution in [0.15, 0.2) is 200 Å². The van der Waals surface area contributed by atoms with Crippen molar-refractivity contribution in [1.82, 2.24) is 9.13 Å². The summed E-state index contributed by atoms with van der Waals surface area (Å²) in [5.74, 6) is 0. The van der Waals surface area contributed by atoms with Gasteiger partial charge < -0.3 is 9.13 Å². The zero-order valence-corrected chi connectivity index (χ0v) is 40.8. The maximum Gasteiger partial charge on any atom is 0.416 e. The molecule has 0 aliphatic heterocycles. The fourth-order valence-corrected chi connectivity index (χ4v) is 10.7. The van der Waals surface area contributed by atoms with Crippen molar-refractivity contribution in [3.63, 3.8) is 0 Å². The van der Waals surface area contributed by atoms with Crippen molar-refractivity contribution in [2.24, 2.45) is 0 Å². The van der Waals surface area contributed by atoms with Gasteiger partial charge in [-0.25, -0.2) is 9.69 Å². The Bertz CT molecular complexity index is 4220. The van der Waals surface area contributed by atoms with Crippen LogP contribution in [0.25, 0.3) is 120 Å². The Morgan fingerprint density at radius 3 is 1.12 bits per heavy atom. The molecule has 0 N–H and O–H groups in total. The number of hydrogen-bond donors (Lipinski definition) is 0.